The number of hydrogen-bond donors (Lipinski definition) is 0. The standard InChI is InChI=1S/C20H19NO3S2/c1-13(15-9-10-16(23-2)17(11-15)24-3)18-19(22)21(20(25)26-18)12-14-7-5-4-6-8-14/h4-11H,12H2,1-3H3. The van der Waals surface area contributed by atoms with Gasteiger partial charge < -0.3 is 9.47 Å². The van der Waals surface area contributed by atoms with Crippen molar-refractivity contribution in [1.82, 2.24) is 4.90 Å². The summed E-state index contributed by atoms with van der Waals surface area (Å²) in [5.41, 5.74) is 2.83. The molecule has 0 atom stereocenters. The third-order valence-corrected chi connectivity index (χ3v) is 5.74. The van der Waals surface area contributed by atoms with E-state index in [1.54, 1.807) is 19.1 Å². The number of carbonyl (C=O) groups is 1. The molecule has 1 saturated heterocycles. The van der Waals surface area contributed by atoms with E-state index < -0.39 is 0 Å². The van der Waals surface area contributed by atoms with E-state index in [1.807, 2.05) is 55.5 Å². The molecule has 6 heteroatoms. The minimum Gasteiger partial charge on any atom is -0.493 e. The fourth-order valence-corrected chi connectivity index (χ4v) is 4.03. The number of rotatable bonds is 5. The van der Waals surface area contributed by atoms with E-state index in [0.29, 0.717) is 27.3 Å². The molecule has 0 radical (unpaired) electrons. The number of benzene rings is 2. The highest BCUT2D eigenvalue weighted by Gasteiger charge is 2.33. The lowest BCUT2D eigenvalue weighted by Crippen LogP contribution is -2.27. The lowest BCUT2D eigenvalue weighted by atomic mass is 10.1. The van der Waals surface area contributed by atoms with Crippen molar-refractivity contribution in [3.63, 3.8) is 0 Å². The molecule has 0 N–H and O–H groups in total. The maximum absolute atomic E-state index is 12.9. The van der Waals surface area contributed by atoms with Crippen LogP contribution in [0.2, 0.25) is 0 Å². The van der Waals surface area contributed by atoms with Gasteiger partial charge in [-0.05, 0) is 35.8 Å². The molecule has 1 aliphatic heterocycles. The second kappa shape index (κ2) is 7.93. The van der Waals surface area contributed by atoms with Crippen molar-refractivity contribution in [2.45, 2.75) is 13.5 Å². The Bertz CT molecular complexity index is 878. The molecule has 2 aromatic carbocycles. The van der Waals surface area contributed by atoms with Gasteiger partial charge in [0, 0.05) is 0 Å². The molecule has 2 aromatic rings. The van der Waals surface area contributed by atoms with Gasteiger partial charge >= 0.3 is 0 Å². The van der Waals surface area contributed by atoms with E-state index in [4.69, 9.17) is 21.7 Å². The fourth-order valence-electron chi connectivity index (χ4n) is 2.73. The van der Waals surface area contributed by atoms with Gasteiger partial charge in [0.15, 0.2) is 11.5 Å². The van der Waals surface area contributed by atoms with Crippen LogP contribution in [0.15, 0.2) is 53.4 Å². The number of nitrogens with zero attached hydrogens (tertiary/aromatic N) is 1. The highest BCUT2D eigenvalue weighted by molar-refractivity contribution is 8.26. The SMILES string of the molecule is COc1ccc(C(C)=C2SC(=S)N(Cc3ccccc3)C2=O)cc1OC. The molecular formula is C20H19NO3S2. The number of allylic oxidation sites excluding steroid dienone is 1. The van der Waals surface area contributed by atoms with Crippen LogP contribution < -0.4 is 9.47 Å². The average Bonchev–Trinajstić information content (AvgIpc) is 2.95. The molecule has 1 aliphatic rings. The minimum atomic E-state index is -0.0591. The van der Waals surface area contributed by atoms with Crippen molar-refractivity contribution in [2.24, 2.45) is 0 Å². The first-order valence-electron chi connectivity index (χ1n) is 8.06. The number of carbonyl (C=O) groups excluding carboxylic acids is 1. The van der Waals surface area contributed by atoms with Gasteiger partial charge in [-0.1, -0.05) is 60.4 Å². The summed E-state index contributed by atoms with van der Waals surface area (Å²) in [7, 11) is 3.19. The third kappa shape index (κ3) is 3.61. The molecule has 0 spiro atoms. The van der Waals surface area contributed by atoms with E-state index in [1.165, 1.54) is 11.8 Å². The van der Waals surface area contributed by atoms with Crippen molar-refractivity contribution < 1.29 is 14.3 Å². The molecular weight excluding hydrogens is 366 g/mol. The molecule has 0 saturated carbocycles. The summed E-state index contributed by atoms with van der Waals surface area (Å²) in [6.45, 7) is 2.41. The minimum absolute atomic E-state index is 0.0591. The molecule has 1 heterocycles. The fraction of sp³-hybridized carbons (Fsp3) is 0.200. The first-order chi connectivity index (χ1) is 12.5. The van der Waals surface area contributed by atoms with Crippen molar-refractivity contribution >= 4 is 39.8 Å². The lowest BCUT2D eigenvalue weighted by molar-refractivity contribution is -0.122. The molecule has 0 aromatic heterocycles. The van der Waals surface area contributed by atoms with Crippen LogP contribution >= 0.6 is 24.0 Å². The van der Waals surface area contributed by atoms with Crippen molar-refractivity contribution in [1.29, 1.82) is 0 Å². The van der Waals surface area contributed by atoms with Crippen LogP contribution in [-0.2, 0) is 11.3 Å². The number of amides is 1. The zero-order chi connectivity index (χ0) is 18.7. The number of hydrogen-bond acceptors (Lipinski definition) is 5. The Hall–Kier alpha value is -2.31. The molecule has 4 nitrogen and oxygen atoms in total. The summed E-state index contributed by atoms with van der Waals surface area (Å²) < 4.78 is 11.2. The van der Waals surface area contributed by atoms with Gasteiger partial charge in [-0.25, -0.2) is 0 Å². The number of ether oxygens (including phenoxy) is 2. The Morgan fingerprint density at radius 2 is 1.77 bits per heavy atom. The van der Waals surface area contributed by atoms with Crippen molar-refractivity contribution in [2.75, 3.05) is 14.2 Å². The van der Waals surface area contributed by atoms with Crippen molar-refractivity contribution in [3.05, 3.63) is 64.6 Å². The van der Waals surface area contributed by atoms with Crippen LogP contribution in [-0.4, -0.2) is 29.3 Å². The monoisotopic (exact) mass is 385 g/mol. The van der Waals surface area contributed by atoms with Gasteiger partial charge in [0.05, 0.1) is 25.7 Å². The van der Waals surface area contributed by atoms with Crippen LogP contribution in [0.1, 0.15) is 18.1 Å². The predicted octanol–water partition coefficient (Wildman–Crippen LogP) is 4.50. The summed E-state index contributed by atoms with van der Waals surface area (Å²) in [5.74, 6) is 1.22. The van der Waals surface area contributed by atoms with Gasteiger partial charge in [-0.3, -0.25) is 9.69 Å². The molecule has 3 rings (SSSR count). The lowest BCUT2D eigenvalue weighted by Gasteiger charge is -2.14. The maximum atomic E-state index is 12.9. The number of methoxy groups -OCH3 is 2. The second-order valence-corrected chi connectivity index (χ2v) is 7.41. The van der Waals surface area contributed by atoms with Gasteiger partial charge in [0.1, 0.15) is 4.32 Å². The van der Waals surface area contributed by atoms with Crippen LogP contribution in [0.3, 0.4) is 0 Å². The van der Waals surface area contributed by atoms with Gasteiger partial charge in [-0.15, -0.1) is 0 Å². The zero-order valence-corrected chi connectivity index (χ0v) is 16.4. The van der Waals surface area contributed by atoms with E-state index in [-0.39, 0.29) is 5.91 Å². The van der Waals surface area contributed by atoms with Gasteiger partial charge in [0.25, 0.3) is 5.91 Å². The Morgan fingerprint density at radius 1 is 1.08 bits per heavy atom. The third-order valence-electron chi connectivity index (χ3n) is 4.19. The van der Waals surface area contributed by atoms with Crippen LogP contribution in [0.4, 0.5) is 0 Å². The van der Waals surface area contributed by atoms with E-state index >= 15 is 0 Å². The topological polar surface area (TPSA) is 38.8 Å². The second-order valence-electron chi connectivity index (χ2n) is 5.77. The summed E-state index contributed by atoms with van der Waals surface area (Å²) >= 11 is 6.78. The van der Waals surface area contributed by atoms with Crippen LogP contribution in [0.25, 0.3) is 5.57 Å². The molecule has 0 bridgehead atoms. The summed E-state index contributed by atoms with van der Waals surface area (Å²) in [6.07, 6.45) is 0. The number of thiocarbonyl (C=S) groups is 1. The van der Waals surface area contributed by atoms with Crippen LogP contribution in [0.5, 0.6) is 11.5 Å². The Morgan fingerprint density at radius 3 is 2.42 bits per heavy atom. The molecule has 1 fully saturated rings. The molecule has 134 valence electrons. The predicted molar refractivity (Wildman–Crippen MR) is 109 cm³/mol. The average molecular weight is 386 g/mol. The van der Waals surface area contributed by atoms with E-state index in [0.717, 1.165) is 16.7 Å². The zero-order valence-electron chi connectivity index (χ0n) is 14.8. The van der Waals surface area contributed by atoms with E-state index in [2.05, 4.69) is 0 Å². The van der Waals surface area contributed by atoms with Gasteiger partial charge in [0.2, 0.25) is 0 Å². The van der Waals surface area contributed by atoms with Crippen molar-refractivity contribution in [3.8, 4) is 11.5 Å². The Labute approximate surface area is 162 Å². The maximum Gasteiger partial charge on any atom is 0.266 e. The normalized spacial score (nSPS) is 16.0. The molecule has 0 unspecified atom stereocenters. The van der Waals surface area contributed by atoms with E-state index in [9.17, 15) is 4.79 Å². The first-order valence-corrected chi connectivity index (χ1v) is 9.28. The summed E-state index contributed by atoms with van der Waals surface area (Å²) in [6, 6.07) is 15.5. The first kappa shape index (κ1) is 18.5. The molecule has 0 aliphatic carbocycles. The number of thioether (sulfide) groups is 1. The van der Waals surface area contributed by atoms with Crippen LogP contribution in [0, 0.1) is 0 Å². The smallest absolute Gasteiger partial charge is 0.266 e. The highest BCUT2D eigenvalue weighted by Crippen LogP contribution is 2.39. The molecule has 26 heavy (non-hydrogen) atoms. The Balaban J connectivity index is 1.91. The Kier molecular flexibility index (Phi) is 5.64. The largest absolute Gasteiger partial charge is 0.493 e. The summed E-state index contributed by atoms with van der Waals surface area (Å²) in [4.78, 5) is 15.2. The highest BCUT2D eigenvalue weighted by atomic mass is 32.2. The van der Waals surface area contributed by atoms with Gasteiger partial charge in [-0.2, -0.15) is 0 Å². The summed E-state index contributed by atoms with van der Waals surface area (Å²) in [5, 5.41) is 0. The molecule has 1 amide bonds. The quantitative estimate of drug-likeness (QED) is 0.560.